The van der Waals surface area contributed by atoms with Gasteiger partial charge in [-0.05, 0) is 19.4 Å². The second-order valence-corrected chi connectivity index (χ2v) is 4.36. The first-order valence-corrected chi connectivity index (χ1v) is 5.92. The van der Waals surface area contributed by atoms with E-state index in [0.717, 1.165) is 18.8 Å². The van der Waals surface area contributed by atoms with Gasteiger partial charge in [0.05, 0.1) is 5.69 Å². The third kappa shape index (κ3) is 2.74. The van der Waals surface area contributed by atoms with Gasteiger partial charge in [-0.2, -0.15) is 5.10 Å². The van der Waals surface area contributed by atoms with E-state index in [-0.39, 0.29) is 0 Å². The Kier molecular flexibility index (Phi) is 3.59. The zero-order chi connectivity index (χ0) is 12.3. The van der Waals surface area contributed by atoms with Gasteiger partial charge < -0.3 is 5.32 Å². The summed E-state index contributed by atoms with van der Waals surface area (Å²) in [4.78, 5) is 0. The predicted molar refractivity (Wildman–Crippen MR) is 69.7 cm³/mol. The van der Waals surface area contributed by atoms with Crippen LogP contribution in [0.1, 0.15) is 22.5 Å². The Hall–Kier alpha value is -1.61. The molecular weight excluding hydrogens is 210 g/mol. The average Bonchev–Trinajstić information content (AvgIpc) is 2.57. The SMILES string of the molecule is Cc1nn(C)c(C)c1CNCc1ccccc1. The highest BCUT2D eigenvalue weighted by Gasteiger charge is 2.08. The molecule has 3 nitrogen and oxygen atoms in total. The molecule has 0 radical (unpaired) electrons. The van der Waals surface area contributed by atoms with Crippen molar-refractivity contribution in [2.75, 3.05) is 0 Å². The van der Waals surface area contributed by atoms with Crippen LogP contribution in [0.15, 0.2) is 30.3 Å². The zero-order valence-corrected chi connectivity index (χ0v) is 10.7. The summed E-state index contributed by atoms with van der Waals surface area (Å²) in [6, 6.07) is 10.4. The molecule has 17 heavy (non-hydrogen) atoms. The summed E-state index contributed by atoms with van der Waals surface area (Å²) in [5, 5.41) is 7.87. The molecule has 0 aliphatic rings. The summed E-state index contributed by atoms with van der Waals surface area (Å²) < 4.78 is 1.94. The molecule has 90 valence electrons. The minimum atomic E-state index is 0.875. The smallest absolute Gasteiger partial charge is 0.0641 e. The van der Waals surface area contributed by atoms with E-state index in [1.807, 2.05) is 17.8 Å². The van der Waals surface area contributed by atoms with Gasteiger partial charge in [0.15, 0.2) is 0 Å². The Morgan fingerprint density at radius 2 is 1.82 bits per heavy atom. The maximum absolute atomic E-state index is 4.41. The highest BCUT2D eigenvalue weighted by molar-refractivity contribution is 5.24. The van der Waals surface area contributed by atoms with Crippen molar-refractivity contribution in [2.24, 2.45) is 7.05 Å². The Balaban J connectivity index is 1.95. The van der Waals surface area contributed by atoms with Crippen LogP contribution in [-0.4, -0.2) is 9.78 Å². The van der Waals surface area contributed by atoms with E-state index in [2.05, 4.69) is 48.5 Å². The number of hydrogen-bond acceptors (Lipinski definition) is 2. The third-order valence-corrected chi connectivity index (χ3v) is 3.13. The fourth-order valence-electron chi connectivity index (χ4n) is 2.00. The number of benzene rings is 1. The molecule has 3 heteroatoms. The van der Waals surface area contributed by atoms with Crippen LogP contribution in [0.4, 0.5) is 0 Å². The number of nitrogens with one attached hydrogen (secondary N) is 1. The lowest BCUT2D eigenvalue weighted by atomic mass is 10.2. The Labute approximate surface area is 102 Å². The molecule has 0 unspecified atom stereocenters. The highest BCUT2D eigenvalue weighted by Crippen LogP contribution is 2.11. The molecule has 0 saturated carbocycles. The van der Waals surface area contributed by atoms with Crippen LogP contribution in [0.2, 0.25) is 0 Å². The van der Waals surface area contributed by atoms with Crippen LogP contribution < -0.4 is 5.32 Å². The predicted octanol–water partition coefficient (Wildman–Crippen LogP) is 2.33. The van der Waals surface area contributed by atoms with E-state index in [4.69, 9.17) is 0 Å². The molecule has 1 aromatic carbocycles. The van der Waals surface area contributed by atoms with E-state index in [1.54, 1.807) is 0 Å². The van der Waals surface area contributed by atoms with Crippen molar-refractivity contribution >= 4 is 0 Å². The van der Waals surface area contributed by atoms with Crippen molar-refractivity contribution in [1.82, 2.24) is 15.1 Å². The lowest BCUT2D eigenvalue weighted by molar-refractivity contribution is 0.684. The molecule has 0 aliphatic carbocycles. The normalized spacial score (nSPS) is 10.8. The van der Waals surface area contributed by atoms with Crippen LogP contribution in [0, 0.1) is 13.8 Å². The molecule has 0 fully saturated rings. The number of nitrogens with zero attached hydrogens (tertiary/aromatic N) is 2. The molecule has 0 atom stereocenters. The first-order chi connectivity index (χ1) is 8.18. The maximum atomic E-state index is 4.41. The first-order valence-electron chi connectivity index (χ1n) is 5.92. The number of aromatic nitrogens is 2. The molecule has 1 N–H and O–H groups in total. The minimum absolute atomic E-state index is 0.875. The Morgan fingerprint density at radius 3 is 2.41 bits per heavy atom. The number of rotatable bonds is 4. The van der Waals surface area contributed by atoms with Crippen LogP contribution in [0.5, 0.6) is 0 Å². The van der Waals surface area contributed by atoms with Crippen molar-refractivity contribution in [3.05, 3.63) is 52.8 Å². The summed E-state index contributed by atoms with van der Waals surface area (Å²) in [5.74, 6) is 0. The standard InChI is InChI=1S/C14H19N3/c1-11-14(12(2)17(3)16-11)10-15-9-13-7-5-4-6-8-13/h4-8,15H,9-10H2,1-3H3. The molecule has 0 spiro atoms. The number of hydrogen-bond donors (Lipinski definition) is 1. The molecule has 0 aliphatic heterocycles. The van der Waals surface area contributed by atoms with Gasteiger partial charge in [0, 0.05) is 31.4 Å². The highest BCUT2D eigenvalue weighted by atomic mass is 15.3. The van der Waals surface area contributed by atoms with Gasteiger partial charge in [-0.15, -0.1) is 0 Å². The van der Waals surface area contributed by atoms with Crippen LogP contribution in [0.3, 0.4) is 0 Å². The topological polar surface area (TPSA) is 29.9 Å². The lowest BCUT2D eigenvalue weighted by Gasteiger charge is -2.05. The average molecular weight is 229 g/mol. The fourth-order valence-corrected chi connectivity index (χ4v) is 2.00. The van der Waals surface area contributed by atoms with Gasteiger partial charge in [0.1, 0.15) is 0 Å². The Bertz CT molecular complexity index is 486. The van der Waals surface area contributed by atoms with Crippen molar-refractivity contribution in [2.45, 2.75) is 26.9 Å². The van der Waals surface area contributed by atoms with Crippen molar-refractivity contribution < 1.29 is 0 Å². The van der Waals surface area contributed by atoms with Gasteiger partial charge in [-0.3, -0.25) is 4.68 Å². The van der Waals surface area contributed by atoms with Gasteiger partial charge in [-0.1, -0.05) is 30.3 Å². The minimum Gasteiger partial charge on any atom is -0.308 e. The summed E-state index contributed by atoms with van der Waals surface area (Å²) in [6.07, 6.45) is 0. The Morgan fingerprint density at radius 1 is 1.12 bits per heavy atom. The van der Waals surface area contributed by atoms with E-state index in [1.165, 1.54) is 16.8 Å². The van der Waals surface area contributed by atoms with E-state index < -0.39 is 0 Å². The second kappa shape index (κ2) is 5.15. The van der Waals surface area contributed by atoms with Crippen LogP contribution >= 0.6 is 0 Å². The first kappa shape index (κ1) is 11.9. The molecule has 0 bridgehead atoms. The molecule has 0 saturated heterocycles. The second-order valence-electron chi connectivity index (χ2n) is 4.36. The largest absolute Gasteiger partial charge is 0.308 e. The van der Waals surface area contributed by atoms with Gasteiger partial charge in [0.2, 0.25) is 0 Å². The summed E-state index contributed by atoms with van der Waals surface area (Å²) >= 11 is 0. The molecule has 1 aromatic heterocycles. The van der Waals surface area contributed by atoms with Gasteiger partial charge >= 0.3 is 0 Å². The molecule has 2 aromatic rings. The molecule has 2 rings (SSSR count). The van der Waals surface area contributed by atoms with Gasteiger partial charge in [-0.25, -0.2) is 0 Å². The van der Waals surface area contributed by atoms with Crippen LogP contribution in [0.25, 0.3) is 0 Å². The summed E-state index contributed by atoms with van der Waals surface area (Å²) in [7, 11) is 1.99. The quantitative estimate of drug-likeness (QED) is 0.872. The molecule has 0 amide bonds. The monoisotopic (exact) mass is 229 g/mol. The van der Waals surface area contributed by atoms with Crippen molar-refractivity contribution in [3.63, 3.8) is 0 Å². The third-order valence-electron chi connectivity index (χ3n) is 3.13. The fraction of sp³-hybridized carbons (Fsp3) is 0.357. The van der Waals surface area contributed by atoms with Gasteiger partial charge in [0.25, 0.3) is 0 Å². The number of aryl methyl sites for hydroxylation is 2. The summed E-state index contributed by atoms with van der Waals surface area (Å²) in [6.45, 7) is 5.95. The van der Waals surface area contributed by atoms with Crippen molar-refractivity contribution in [3.8, 4) is 0 Å². The van der Waals surface area contributed by atoms with Crippen LogP contribution in [-0.2, 0) is 20.1 Å². The maximum Gasteiger partial charge on any atom is 0.0641 e. The zero-order valence-electron chi connectivity index (χ0n) is 10.7. The van der Waals surface area contributed by atoms with E-state index >= 15 is 0 Å². The lowest BCUT2D eigenvalue weighted by Crippen LogP contribution is -2.13. The summed E-state index contributed by atoms with van der Waals surface area (Å²) in [5.41, 5.74) is 4.98. The van der Waals surface area contributed by atoms with E-state index in [9.17, 15) is 0 Å². The molecule has 1 heterocycles. The van der Waals surface area contributed by atoms with E-state index in [0.29, 0.717) is 0 Å². The molecular formula is C14H19N3. The van der Waals surface area contributed by atoms with Crippen molar-refractivity contribution in [1.29, 1.82) is 0 Å².